The van der Waals surface area contributed by atoms with Crippen molar-refractivity contribution in [3.8, 4) is 0 Å². The fourth-order valence-electron chi connectivity index (χ4n) is 3.56. The number of hydrogen-bond donors (Lipinski definition) is 1. The van der Waals surface area contributed by atoms with Gasteiger partial charge >= 0.3 is 0 Å². The molecule has 1 amide bonds. The van der Waals surface area contributed by atoms with Crippen molar-refractivity contribution in [3.05, 3.63) is 48.2 Å². The highest BCUT2D eigenvalue weighted by Gasteiger charge is 2.21. The van der Waals surface area contributed by atoms with Gasteiger partial charge in [0.15, 0.2) is 0 Å². The Labute approximate surface area is 189 Å². The largest absolute Gasteiger partial charge is 0.461 e. The summed E-state index contributed by atoms with van der Waals surface area (Å²) in [5.41, 5.74) is 0.601. The first-order valence-corrected chi connectivity index (χ1v) is 12.3. The van der Waals surface area contributed by atoms with E-state index in [0.29, 0.717) is 48.1 Å². The molecule has 0 aliphatic heterocycles. The van der Waals surface area contributed by atoms with Gasteiger partial charge in [0, 0.05) is 37.9 Å². The molecule has 0 spiro atoms. The molecule has 32 heavy (non-hydrogen) atoms. The first-order chi connectivity index (χ1) is 15.0. The summed E-state index contributed by atoms with van der Waals surface area (Å²) in [6, 6.07) is 6.51. The highest BCUT2D eigenvalue weighted by molar-refractivity contribution is 7.89. The number of sulfonamides is 1. The van der Waals surface area contributed by atoms with Gasteiger partial charge in [-0.2, -0.15) is 0 Å². The van der Waals surface area contributed by atoms with Crippen LogP contribution in [0.1, 0.15) is 39.3 Å². The highest BCUT2D eigenvalue weighted by atomic mass is 32.2. The number of furan rings is 1. The second kappa shape index (κ2) is 9.87. The van der Waals surface area contributed by atoms with Gasteiger partial charge in [-0.15, -0.1) is 0 Å². The standard InChI is InChI=1S/C23H32N4O4S/c1-16(2)14-27(15-17(3)4)23(28)13-25-32(29,30)20-6-7-21-18(11-20)10-19(31-21)12-22-24-8-9-26(22)5/h6-11,16-17,25H,12-15H2,1-5H3. The zero-order valence-corrected chi connectivity index (χ0v) is 20.1. The number of carbonyl (C=O) groups is 1. The van der Waals surface area contributed by atoms with Crippen LogP contribution in [0.5, 0.6) is 0 Å². The number of fused-ring (bicyclic) bond motifs is 1. The molecule has 0 aliphatic carbocycles. The molecule has 8 nitrogen and oxygen atoms in total. The Kier molecular flexibility index (Phi) is 7.40. The summed E-state index contributed by atoms with van der Waals surface area (Å²) < 4.78 is 35.9. The molecule has 1 N–H and O–H groups in total. The van der Waals surface area contributed by atoms with E-state index in [1.807, 2.05) is 51.6 Å². The second-order valence-electron chi connectivity index (χ2n) is 8.95. The maximum Gasteiger partial charge on any atom is 0.241 e. The van der Waals surface area contributed by atoms with E-state index in [4.69, 9.17) is 4.42 Å². The molecule has 0 unspecified atom stereocenters. The molecule has 0 radical (unpaired) electrons. The zero-order valence-electron chi connectivity index (χ0n) is 19.3. The second-order valence-corrected chi connectivity index (χ2v) is 10.7. The van der Waals surface area contributed by atoms with Crippen molar-refractivity contribution in [2.24, 2.45) is 18.9 Å². The maximum absolute atomic E-state index is 12.8. The van der Waals surface area contributed by atoms with Gasteiger partial charge in [-0.25, -0.2) is 18.1 Å². The van der Waals surface area contributed by atoms with Gasteiger partial charge in [-0.05, 0) is 36.1 Å². The van der Waals surface area contributed by atoms with Crippen molar-refractivity contribution in [1.29, 1.82) is 0 Å². The van der Waals surface area contributed by atoms with E-state index in [1.165, 1.54) is 6.07 Å². The van der Waals surface area contributed by atoms with Gasteiger partial charge in [0.05, 0.1) is 17.9 Å². The number of hydrogen-bond acceptors (Lipinski definition) is 5. The lowest BCUT2D eigenvalue weighted by Crippen LogP contribution is -2.43. The number of rotatable bonds is 10. The summed E-state index contributed by atoms with van der Waals surface area (Å²) in [7, 11) is -1.93. The molecule has 1 aromatic carbocycles. The number of nitrogens with zero attached hydrogens (tertiary/aromatic N) is 3. The summed E-state index contributed by atoms with van der Waals surface area (Å²) in [6.07, 6.45) is 4.09. The van der Waals surface area contributed by atoms with Crippen molar-refractivity contribution >= 4 is 26.9 Å². The third kappa shape index (κ3) is 5.98. The Morgan fingerprint density at radius 1 is 1.16 bits per heavy atom. The van der Waals surface area contributed by atoms with E-state index in [0.717, 1.165) is 5.82 Å². The van der Waals surface area contributed by atoms with Crippen molar-refractivity contribution in [3.63, 3.8) is 0 Å². The lowest BCUT2D eigenvalue weighted by molar-refractivity contribution is -0.131. The summed E-state index contributed by atoms with van der Waals surface area (Å²) in [5, 5.41) is 0.685. The van der Waals surface area contributed by atoms with Crippen LogP contribution in [0, 0.1) is 11.8 Å². The van der Waals surface area contributed by atoms with Crippen LogP contribution in [0.4, 0.5) is 0 Å². The highest BCUT2D eigenvalue weighted by Crippen LogP contribution is 2.24. The molecule has 0 saturated carbocycles. The van der Waals surface area contributed by atoms with Crippen molar-refractivity contribution in [2.75, 3.05) is 19.6 Å². The molecule has 0 fully saturated rings. The molecule has 2 heterocycles. The zero-order chi connectivity index (χ0) is 23.5. The van der Waals surface area contributed by atoms with Crippen LogP contribution in [-0.4, -0.2) is 48.4 Å². The van der Waals surface area contributed by atoms with E-state index in [-0.39, 0.29) is 17.3 Å². The normalized spacial score (nSPS) is 12.2. The van der Waals surface area contributed by atoms with E-state index in [9.17, 15) is 13.2 Å². The van der Waals surface area contributed by atoms with Gasteiger partial charge < -0.3 is 13.9 Å². The average molecular weight is 461 g/mol. The van der Waals surface area contributed by atoms with Crippen molar-refractivity contribution in [2.45, 2.75) is 39.0 Å². The smallest absolute Gasteiger partial charge is 0.241 e. The Bertz CT molecular complexity index is 1170. The predicted molar refractivity (Wildman–Crippen MR) is 124 cm³/mol. The molecule has 0 saturated heterocycles. The Balaban J connectivity index is 1.72. The monoisotopic (exact) mass is 460 g/mol. The number of carbonyl (C=O) groups excluding carboxylic acids is 1. The molecular formula is C23H32N4O4S. The van der Waals surface area contributed by atoms with Crippen LogP contribution in [-0.2, 0) is 28.3 Å². The molecule has 0 aliphatic rings. The SMILES string of the molecule is CC(C)CN(CC(C)C)C(=O)CNS(=O)(=O)c1ccc2oc(Cc3nccn3C)cc2c1. The molecule has 2 aromatic heterocycles. The minimum atomic E-state index is -3.84. The minimum absolute atomic E-state index is 0.0985. The Morgan fingerprint density at radius 3 is 2.44 bits per heavy atom. The lowest BCUT2D eigenvalue weighted by Gasteiger charge is -2.26. The van der Waals surface area contributed by atoms with Crippen LogP contribution in [0.25, 0.3) is 11.0 Å². The van der Waals surface area contributed by atoms with Crippen LogP contribution in [0.2, 0.25) is 0 Å². The van der Waals surface area contributed by atoms with Gasteiger partial charge in [0.1, 0.15) is 17.2 Å². The first-order valence-electron chi connectivity index (χ1n) is 10.8. The molecule has 3 rings (SSSR count). The van der Waals surface area contributed by atoms with E-state index in [2.05, 4.69) is 9.71 Å². The summed E-state index contributed by atoms with van der Waals surface area (Å²) >= 11 is 0. The van der Waals surface area contributed by atoms with Gasteiger partial charge in [-0.3, -0.25) is 4.79 Å². The van der Waals surface area contributed by atoms with Gasteiger partial charge in [-0.1, -0.05) is 27.7 Å². The van der Waals surface area contributed by atoms with Gasteiger partial charge in [0.2, 0.25) is 15.9 Å². The third-order valence-electron chi connectivity index (χ3n) is 5.04. The van der Waals surface area contributed by atoms with Crippen LogP contribution < -0.4 is 4.72 Å². The quantitative estimate of drug-likeness (QED) is 0.501. The molecular weight excluding hydrogens is 428 g/mol. The molecule has 174 valence electrons. The van der Waals surface area contributed by atoms with E-state index < -0.39 is 10.0 Å². The Hall–Kier alpha value is -2.65. The fraction of sp³-hybridized carbons (Fsp3) is 0.478. The molecule has 0 bridgehead atoms. The summed E-state index contributed by atoms with van der Waals surface area (Å²) in [6.45, 7) is 9.06. The number of benzene rings is 1. The fourth-order valence-corrected chi connectivity index (χ4v) is 4.57. The third-order valence-corrected chi connectivity index (χ3v) is 6.44. The average Bonchev–Trinajstić information content (AvgIpc) is 3.30. The number of aryl methyl sites for hydroxylation is 1. The van der Waals surface area contributed by atoms with Crippen molar-refractivity contribution < 1.29 is 17.6 Å². The molecule has 9 heteroatoms. The minimum Gasteiger partial charge on any atom is -0.461 e. The number of amides is 1. The predicted octanol–water partition coefficient (Wildman–Crippen LogP) is 3.18. The first kappa shape index (κ1) is 24.0. The number of imidazole rings is 1. The Morgan fingerprint density at radius 2 is 1.84 bits per heavy atom. The summed E-state index contributed by atoms with van der Waals surface area (Å²) in [4.78, 5) is 18.8. The van der Waals surface area contributed by atoms with Crippen LogP contribution in [0.15, 0.2) is 46.0 Å². The van der Waals surface area contributed by atoms with Crippen molar-refractivity contribution in [1.82, 2.24) is 19.2 Å². The molecule has 0 atom stereocenters. The van der Waals surface area contributed by atoms with Crippen LogP contribution >= 0.6 is 0 Å². The molecule has 3 aromatic rings. The van der Waals surface area contributed by atoms with Crippen LogP contribution in [0.3, 0.4) is 0 Å². The van der Waals surface area contributed by atoms with Gasteiger partial charge in [0.25, 0.3) is 0 Å². The lowest BCUT2D eigenvalue weighted by atomic mass is 10.1. The van der Waals surface area contributed by atoms with E-state index in [1.54, 1.807) is 23.2 Å². The summed E-state index contributed by atoms with van der Waals surface area (Å²) in [5.74, 6) is 1.93. The van der Waals surface area contributed by atoms with E-state index >= 15 is 0 Å². The maximum atomic E-state index is 12.8. The number of aromatic nitrogens is 2. The topological polar surface area (TPSA) is 97.4 Å². The number of nitrogens with one attached hydrogen (secondary N) is 1.